The Hall–Kier alpha value is -2.10. The molecule has 17 heavy (non-hydrogen) atoms. The predicted octanol–water partition coefficient (Wildman–Crippen LogP) is 3.59. The van der Waals surface area contributed by atoms with E-state index in [0.29, 0.717) is 6.42 Å². The predicted molar refractivity (Wildman–Crippen MR) is 68.2 cm³/mol. The van der Waals surface area contributed by atoms with Gasteiger partial charge in [-0.1, -0.05) is 25.1 Å². The molecule has 1 aromatic heterocycles. The van der Waals surface area contributed by atoms with Crippen LogP contribution in [0.15, 0.2) is 36.0 Å². The number of nitro groups is 1. The molecule has 0 saturated carbocycles. The second-order valence-electron chi connectivity index (χ2n) is 3.95. The van der Waals surface area contributed by atoms with Gasteiger partial charge in [-0.15, -0.1) is 0 Å². The molecule has 2 aromatic rings. The molecule has 0 atom stereocenters. The summed E-state index contributed by atoms with van der Waals surface area (Å²) in [5.41, 5.74) is 2.03. The number of para-hydroxylation sites is 1. The zero-order valence-electron chi connectivity index (χ0n) is 9.64. The van der Waals surface area contributed by atoms with Gasteiger partial charge in [0.25, 0.3) is 0 Å². The minimum atomic E-state index is -0.311. The van der Waals surface area contributed by atoms with Crippen molar-refractivity contribution in [3.8, 4) is 0 Å². The molecule has 0 saturated heterocycles. The van der Waals surface area contributed by atoms with Crippen LogP contribution in [0.1, 0.15) is 25.5 Å². The Morgan fingerprint density at radius 1 is 1.47 bits per heavy atom. The van der Waals surface area contributed by atoms with E-state index in [0.717, 1.165) is 23.0 Å². The van der Waals surface area contributed by atoms with Crippen molar-refractivity contribution in [1.29, 1.82) is 0 Å². The van der Waals surface area contributed by atoms with E-state index in [1.807, 2.05) is 37.3 Å². The zero-order chi connectivity index (χ0) is 12.3. The van der Waals surface area contributed by atoms with Gasteiger partial charge in [-0.25, -0.2) is 0 Å². The zero-order valence-corrected chi connectivity index (χ0v) is 9.64. The Balaban J connectivity index is 2.38. The van der Waals surface area contributed by atoms with Gasteiger partial charge >= 0.3 is 0 Å². The van der Waals surface area contributed by atoms with E-state index in [4.69, 9.17) is 0 Å². The highest BCUT2D eigenvalue weighted by atomic mass is 16.6. The average Bonchev–Trinajstić information content (AvgIpc) is 2.70. The van der Waals surface area contributed by atoms with Crippen LogP contribution in [0.25, 0.3) is 17.0 Å². The molecule has 1 aromatic carbocycles. The third-order valence-corrected chi connectivity index (χ3v) is 2.61. The number of aromatic amines is 1. The Morgan fingerprint density at radius 3 is 2.88 bits per heavy atom. The van der Waals surface area contributed by atoms with Crippen LogP contribution < -0.4 is 0 Å². The second kappa shape index (κ2) is 4.82. The molecule has 0 bridgehead atoms. The van der Waals surface area contributed by atoms with Crippen molar-refractivity contribution in [2.75, 3.05) is 0 Å². The third kappa shape index (κ3) is 2.53. The summed E-state index contributed by atoms with van der Waals surface area (Å²) in [5, 5.41) is 11.9. The fourth-order valence-electron chi connectivity index (χ4n) is 1.83. The lowest BCUT2D eigenvalue weighted by atomic mass is 10.2. The van der Waals surface area contributed by atoms with E-state index in [9.17, 15) is 10.1 Å². The quantitative estimate of drug-likeness (QED) is 0.644. The first-order valence-corrected chi connectivity index (χ1v) is 5.63. The number of allylic oxidation sites excluding steroid dienone is 1. The minimum absolute atomic E-state index is 0.249. The van der Waals surface area contributed by atoms with Gasteiger partial charge in [-0.3, -0.25) is 10.1 Å². The lowest BCUT2D eigenvalue weighted by Crippen LogP contribution is -1.97. The second-order valence-corrected chi connectivity index (χ2v) is 3.95. The highest BCUT2D eigenvalue weighted by Gasteiger charge is 2.09. The number of fused-ring (bicyclic) bond motifs is 1. The summed E-state index contributed by atoms with van der Waals surface area (Å²) >= 11 is 0. The van der Waals surface area contributed by atoms with Gasteiger partial charge in [-0.2, -0.15) is 0 Å². The van der Waals surface area contributed by atoms with E-state index in [1.165, 1.54) is 0 Å². The minimum Gasteiger partial charge on any atom is -0.355 e. The van der Waals surface area contributed by atoms with E-state index in [1.54, 1.807) is 6.08 Å². The van der Waals surface area contributed by atoms with E-state index >= 15 is 0 Å². The first-order valence-electron chi connectivity index (χ1n) is 5.63. The molecule has 1 heterocycles. The highest BCUT2D eigenvalue weighted by molar-refractivity contribution is 5.82. The Bertz CT molecular complexity index is 537. The van der Waals surface area contributed by atoms with Crippen molar-refractivity contribution in [1.82, 2.24) is 4.98 Å². The van der Waals surface area contributed by atoms with Crippen molar-refractivity contribution in [3.05, 3.63) is 51.8 Å². The summed E-state index contributed by atoms with van der Waals surface area (Å²) in [6.07, 6.45) is 2.87. The Labute approximate surface area is 99.1 Å². The summed E-state index contributed by atoms with van der Waals surface area (Å²) in [7, 11) is 0. The molecule has 1 N–H and O–H groups in total. The summed E-state index contributed by atoms with van der Waals surface area (Å²) in [5.74, 6) is 0. The van der Waals surface area contributed by atoms with Crippen molar-refractivity contribution in [2.24, 2.45) is 0 Å². The number of hydrogen-bond acceptors (Lipinski definition) is 2. The Kier molecular flexibility index (Phi) is 3.23. The standard InChI is InChI=1S/C13H14N2O2/c1-2-5-12(15(16)17)9-11-8-10-6-3-4-7-13(10)14-11/h3-4,6-9,14H,2,5H2,1H3. The summed E-state index contributed by atoms with van der Waals surface area (Å²) in [4.78, 5) is 13.7. The molecule has 0 amide bonds. The van der Waals surface area contributed by atoms with Gasteiger partial charge in [0.1, 0.15) is 0 Å². The normalized spacial score (nSPS) is 11.9. The van der Waals surface area contributed by atoms with Gasteiger partial charge < -0.3 is 4.98 Å². The number of benzene rings is 1. The van der Waals surface area contributed by atoms with Gasteiger partial charge in [0.15, 0.2) is 0 Å². The van der Waals surface area contributed by atoms with Crippen molar-refractivity contribution in [3.63, 3.8) is 0 Å². The maximum absolute atomic E-state index is 10.8. The fraction of sp³-hybridized carbons (Fsp3) is 0.231. The smallest absolute Gasteiger partial charge is 0.248 e. The summed E-state index contributed by atoms with van der Waals surface area (Å²) < 4.78 is 0. The fourth-order valence-corrected chi connectivity index (χ4v) is 1.83. The molecule has 88 valence electrons. The Morgan fingerprint density at radius 2 is 2.24 bits per heavy atom. The molecule has 0 fully saturated rings. The molecule has 4 nitrogen and oxygen atoms in total. The monoisotopic (exact) mass is 230 g/mol. The average molecular weight is 230 g/mol. The number of nitrogens with zero attached hydrogens (tertiary/aromatic N) is 1. The van der Waals surface area contributed by atoms with Crippen LogP contribution in [0.4, 0.5) is 0 Å². The van der Waals surface area contributed by atoms with Crippen LogP contribution in [0.3, 0.4) is 0 Å². The van der Waals surface area contributed by atoms with Crippen LogP contribution in [-0.2, 0) is 0 Å². The molecular formula is C13H14N2O2. The molecule has 0 radical (unpaired) electrons. The number of aromatic nitrogens is 1. The molecule has 0 spiro atoms. The van der Waals surface area contributed by atoms with Crippen molar-refractivity contribution >= 4 is 17.0 Å². The molecule has 0 unspecified atom stereocenters. The maximum Gasteiger partial charge on any atom is 0.248 e. The number of H-pyrrole nitrogens is 1. The molecule has 0 aliphatic heterocycles. The van der Waals surface area contributed by atoms with E-state index in [-0.39, 0.29) is 10.6 Å². The van der Waals surface area contributed by atoms with Gasteiger partial charge in [0.2, 0.25) is 5.70 Å². The lowest BCUT2D eigenvalue weighted by Gasteiger charge is -1.94. The van der Waals surface area contributed by atoms with Gasteiger partial charge in [0, 0.05) is 23.7 Å². The summed E-state index contributed by atoms with van der Waals surface area (Å²) in [6, 6.07) is 9.75. The summed E-state index contributed by atoms with van der Waals surface area (Å²) in [6.45, 7) is 1.93. The van der Waals surface area contributed by atoms with Crippen LogP contribution in [0, 0.1) is 10.1 Å². The molecule has 0 aliphatic carbocycles. The molecule has 4 heteroatoms. The van der Waals surface area contributed by atoms with Crippen molar-refractivity contribution < 1.29 is 4.92 Å². The van der Waals surface area contributed by atoms with Crippen LogP contribution in [0.5, 0.6) is 0 Å². The molecule has 2 rings (SSSR count). The topological polar surface area (TPSA) is 58.9 Å². The van der Waals surface area contributed by atoms with E-state index in [2.05, 4.69) is 4.98 Å². The van der Waals surface area contributed by atoms with Crippen LogP contribution >= 0.6 is 0 Å². The van der Waals surface area contributed by atoms with Crippen LogP contribution in [-0.4, -0.2) is 9.91 Å². The first kappa shape index (κ1) is 11.4. The third-order valence-electron chi connectivity index (χ3n) is 2.61. The number of rotatable bonds is 4. The lowest BCUT2D eigenvalue weighted by molar-refractivity contribution is -0.426. The van der Waals surface area contributed by atoms with E-state index < -0.39 is 0 Å². The number of hydrogen-bond donors (Lipinski definition) is 1. The molecule has 0 aliphatic rings. The van der Waals surface area contributed by atoms with Gasteiger partial charge in [0.05, 0.1) is 4.92 Å². The van der Waals surface area contributed by atoms with Crippen molar-refractivity contribution in [2.45, 2.75) is 19.8 Å². The highest BCUT2D eigenvalue weighted by Crippen LogP contribution is 2.18. The van der Waals surface area contributed by atoms with Gasteiger partial charge in [-0.05, 0) is 23.9 Å². The molecular weight excluding hydrogens is 216 g/mol. The largest absolute Gasteiger partial charge is 0.355 e. The maximum atomic E-state index is 10.8. The van der Waals surface area contributed by atoms with Crippen LogP contribution in [0.2, 0.25) is 0 Å². The first-order chi connectivity index (χ1) is 8.20. The SMILES string of the molecule is CCCC(=Cc1cc2ccccc2[nH]1)[N+](=O)[O-]. The number of nitrogens with one attached hydrogen (secondary N) is 1.